The molecule has 3 atom stereocenters. The van der Waals surface area contributed by atoms with Crippen molar-refractivity contribution in [3.63, 3.8) is 0 Å². The second kappa shape index (κ2) is 6.15. The van der Waals surface area contributed by atoms with Crippen LogP contribution in [0.4, 0.5) is 0 Å². The maximum absolute atomic E-state index is 11.3. The molecule has 0 aromatic carbocycles. The molecular weight excluding hydrogens is 210 g/mol. The summed E-state index contributed by atoms with van der Waals surface area (Å²) in [6, 6.07) is 0. The topological polar surface area (TPSA) is 76.8 Å². The molecule has 1 saturated heterocycles. The number of hydrazine groups is 1. The molecule has 0 aromatic rings. The third-order valence-corrected chi connectivity index (χ3v) is 3.02. The first-order valence-electron chi connectivity index (χ1n) is 5.40. The first-order chi connectivity index (χ1) is 7.62. The van der Waals surface area contributed by atoms with Crippen molar-refractivity contribution in [2.75, 3.05) is 33.9 Å². The third-order valence-electron chi connectivity index (χ3n) is 3.02. The number of nitrogens with two attached hydrogens (primary N) is 1. The Morgan fingerprint density at radius 2 is 1.94 bits per heavy atom. The predicted molar refractivity (Wildman–Crippen MR) is 59.5 cm³/mol. The molecule has 0 spiro atoms. The molecule has 16 heavy (non-hydrogen) atoms. The average Bonchev–Trinajstić information content (AvgIpc) is 2.69. The summed E-state index contributed by atoms with van der Waals surface area (Å²) in [4.78, 5) is 13.4. The summed E-state index contributed by atoms with van der Waals surface area (Å²) in [5.41, 5.74) is 2.16. The second-order valence-corrected chi connectivity index (χ2v) is 4.18. The number of amides is 1. The third kappa shape index (κ3) is 3.15. The lowest BCUT2D eigenvalue weighted by atomic mass is 10.1. The van der Waals surface area contributed by atoms with E-state index in [9.17, 15) is 4.79 Å². The Kier molecular flexibility index (Phi) is 5.14. The van der Waals surface area contributed by atoms with Crippen LogP contribution in [0.15, 0.2) is 0 Å². The summed E-state index contributed by atoms with van der Waals surface area (Å²) in [6.07, 6.45) is 0.163. The zero-order valence-electron chi connectivity index (χ0n) is 10.1. The Balaban J connectivity index is 2.43. The number of hydrogen-bond acceptors (Lipinski definition) is 5. The van der Waals surface area contributed by atoms with Crippen LogP contribution in [0.2, 0.25) is 0 Å². The maximum atomic E-state index is 11.3. The lowest BCUT2D eigenvalue weighted by molar-refractivity contribution is -0.125. The van der Waals surface area contributed by atoms with Crippen molar-refractivity contribution in [2.24, 2.45) is 11.8 Å². The molecule has 0 radical (unpaired) electrons. The molecule has 6 heteroatoms. The predicted octanol–water partition coefficient (Wildman–Crippen LogP) is -1.04. The van der Waals surface area contributed by atoms with E-state index in [-0.39, 0.29) is 24.0 Å². The zero-order valence-corrected chi connectivity index (χ0v) is 10.1. The van der Waals surface area contributed by atoms with E-state index in [1.165, 1.54) is 0 Å². The lowest BCUT2D eigenvalue weighted by Gasteiger charge is -2.19. The summed E-state index contributed by atoms with van der Waals surface area (Å²) >= 11 is 0. The minimum absolute atomic E-state index is 0.0816. The van der Waals surface area contributed by atoms with Gasteiger partial charge < -0.3 is 9.47 Å². The van der Waals surface area contributed by atoms with Crippen LogP contribution in [-0.2, 0) is 14.3 Å². The second-order valence-electron chi connectivity index (χ2n) is 4.18. The van der Waals surface area contributed by atoms with Crippen LogP contribution in [0.3, 0.4) is 0 Å². The molecule has 94 valence electrons. The Hall–Kier alpha value is -0.690. The van der Waals surface area contributed by atoms with Crippen LogP contribution in [0, 0.1) is 5.92 Å². The molecule has 1 amide bonds. The molecule has 6 nitrogen and oxygen atoms in total. The van der Waals surface area contributed by atoms with Crippen LogP contribution >= 0.6 is 0 Å². The van der Waals surface area contributed by atoms with Gasteiger partial charge in [-0.05, 0) is 0 Å². The zero-order chi connectivity index (χ0) is 12.1. The number of nitrogens with one attached hydrogen (secondary N) is 1. The normalized spacial score (nSPS) is 28.0. The van der Waals surface area contributed by atoms with Gasteiger partial charge in [-0.3, -0.25) is 15.1 Å². The molecule has 1 aliphatic heterocycles. The van der Waals surface area contributed by atoms with Gasteiger partial charge in [-0.25, -0.2) is 5.84 Å². The smallest absolute Gasteiger partial charge is 0.237 e. The molecule has 1 rings (SSSR count). The van der Waals surface area contributed by atoms with Crippen LogP contribution in [0.5, 0.6) is 0 Å². The van der Waals surface area contributed by atoms with Crippen molar-refractivity contribution in [1.29, 1.82) is 0 Å². The first kappa shape index (κ1) is 13.4. The quantitative estimate of drug-likeness (QED) is 0.359. The van der Waals surface area contributed by atoms with Gasteiger partial charge in [-0.2, -0.15) is 0 Å². The fourth-order valence-electron chi connectivity index (χ4n) is 2.03. The van der Waals surface area contributed by atoms with Crippen molar-refractivity contribution < 1.29 is 14.3 Å². The van der Waals surface area contributed by atoms with E-state index in [2.05, 4.69) is 10.3 Å². The Morgan fingerprint density at radius 3 is 2.31 bits per heavy atom. The van der Waals surface area contributed by atoms with E-state index < -0.39 is 0 Å². The van der Waals surface area contributed by atoms with Crippen LogP contribution in [-0.4, -0.2) is 56.9 Å². The van der Waals surface area contributed by atoms with Gasteiger partial charge in [0.05, 0.1) is 12.2 Å². The maximum Gasteiger partial charge on any atom is 0.237 e. The number of carbonyl (C=O) groups excluding carboxylic acids is 1. The van der Waals surface area contributed by atoms with E-state index in [0.29, 0.717) is 6.54 Å². The van der Waals surface area contributed by atoms with Crippen molar-refractivity contribution >= 4 is 5.91 Å². The monoisotopic (exact) mass is 231 g/mol. The van der Waals surface area contributed by atoms with Gasteiger partial charge in [0.2, 0.25) is 5.91 Å². The van der Waals surface area contributed by atoms with Gasteiger partial charge in [-0.15, -0.1) is 0 Å². The molecule has 1 fully saturated rings. The van der Waals surface area contributed by atoms with Gasteiger partial charge >= 0.3 is 0 Å². The van der Waals surface area contributed by atoms with E-state index >= 15 is 0 Å². The summed E-state index contributed by atoms with van der Waals surface area (Å²) < 4.78 is 10.6. The van der Waals surface area contributed by atoms with Gasteiger partial charge in [-0.1, -0.05) is 6.92 Å². The van der Waals surface area contributed by atoms with Gasteiger partial charge in [0.15, 0.2) is 0 Å². The molecule has 0 aromatic heterocycles. The lowest BCUT2D eigenvalue weighted by Crippen LogP contribution is -2.40. The minimum Gasteiger partial charge on any atom is -0.377 e. The number of ether oxygens (including phenoxy) is 2. The summed E-state index contributed by atoms with van der Waals surface area (Å²) in [5, 5.41) is 0. The average molecular weight is 231 g/mol. The minimum atomic E-state index is -0.144. The van der Waals surface area contributed by atoms with E-state index in [0.717, 1.165) is 13.1 Å². The SMILES string of the molecule is COC1CN(CC(C)C(=O)NN)CC1OC. The van der Waals surface area contributed by atoms with E-state index in [1.807, 2.05) is 6.92 Å². The highest BCUT2D eigenvalue weighted by atomic mass is 16.5. The molecule has 1 heterocycles. The van der Waals surface area contributed by atoms with E-state index in [4.69, 9.17) is 15.3 Å². The van der Waals surface area contributed by atoms with Crippen molar-refractivity contribution in [3.8, 4) is 0 Å². The van der Waals surface area contributed by atoms with Crippen LogP contribution < -0.4 is 11.3 Å². The number of carbonyl (C=O) groups is 1. The fourth-order valence-corrected chi connectivity index (χ4v) is 2.03. The van der Waals surface area contributed by atoms with E-state index in [1.54, 1.807) is 14.2 Å². The molecule has 1 aliphatic rings. The number of likely N-dealkylation sites (tertiary alicyclic amines) is 1. The summed E-state index contributed by atoms with van der Waals surface area (Å²) in [6.45, 7) is 4.10. The van der Waals surface area contributed by atoms with Gasteiger partial charge in [0.1, 0.15) is 0 Å². The highest BCUT2D eigenvalue weighted by Crippen LogP contribution is 2.16. The fraction of sp³-hybridized carbons (Fsp3) is 0.900. The molecular formula is C10H21N3O3. The molecule has 3 unspecified atom stereocenters. The molecule has 0 aliphatic carbocycles. The molecule has 3 N–H and O–H groups in total. The van der Waals surface area contributed by atoms with Crippen LogP contribution in [0.1, 0.15) is 6.92 Å². The molecule has 0 bridgehead atoms. The standard InChI is InChI=1S/C10H21N3O3/c1-7(10(14)12-11)4-13-5-8(15-2)9(6-13)16-3/h7-9H,4-6,11H2,1-3H3,(H,12,14). The van der Waals surface area contributed by atoms with Crippen LogP contribution in [0.25, 0.3) is 0 Å². The van der Waals surface area contributed by atoms with Crippen molar-refractivity contribution in [3.05, 3.63) is 0 Å². The number of methoxy groups -OCH3 is 2. The van der Waals surface area contributed by atoms with Gasteiger partial charge in [0.25, 0.3) is 0 Å². The van der Waals surface area contributed by atoms with Crippen molar-refractivity contribution in [2.45, 2.75) is 19.1 Å². The Morgan fingerprint density at radius 1 is 1.44 bits per heavy atom. The Bertz CT molecular complexity index is 225. The van der Waals surface area contributed by atoms with Crippen molar-refractivity contribution in [1.82, 2.24) is 10.3 Å². The number of hydrogen-bond donors (Lipinski definition) is 2. The molecule has 0 saturated carbocycles. The number of rotatable bonds is 5. The van der Waals surface area contributed by atoms with Gasteiger partial charge in [0, 0.05) is 39.8 Å². The number of nitrogens with zero attached hydrogens (tertiary/aromatic N) is 1. The first-order valence-corrected chi connectivity index (χ1v) is 5.40. The summed E-state index contributed by atoms with van der Waals surface area (Å²) in [5.74, 6) is 4.82. The highest BCUT2D eigenvalue weighted by molar-refractivity contribution is 5.77. The summed E-state index contributed by atoms with van der Waals surface area (Å²) in [7, 11) is 3.35. The largest absolute Gasteiger partial charge is 0.377 e. The highest BCUT2D eigenvalue weighted by Gasteiger charge is 2.33. The Labute approximate surface area is 96.0 Å².